The Hall–Kier alpha value is -1.12. The van der Waals surface area contributed by atoms with Gasteiger partial charge in [0.1, 0.15) is 6.21 Å². The first-order valence-electron chi connectivity index (χ1n) is 2.44. The maximum Gasteiger partial charge on any atom is 0.142 e. The number of aromatic nitrogens is 2. The standard InChI is InChI=1S/C5H7N3/c6-2-1-5-3-7-4-8-5/h2-4,6H,1H2,(H,7,8)/p+1. The van der Waals surface area contributed by atoms with E-state index >= 15 is 0 Å². The predicted octanol–water partition coefficient (Wildman–Crippen LogP) is -1.22. The van der Waals surface area contributed by atoms with Crippen LogP contribution in [0.5, 0.6) is 0 Å². The molecular formula is C5H8N3+. The van der Waals surface area contributed by atoms with Gasteiger partial charge in [-0.1, -0.05) is 0 Å². The summed E-state index contributed by atoms with van der Waals surface area (Å²) in [4.78, 5) is 6.73. The molecule has 1 aromatic rings. The first-order valence-corrected chi connectivity index (χ1v) is 2.44. The Morgan fingerprint density at radius 3 is 3.25 bits per heavy atom. The molecule has 0 aromatic carbocycles. The van der Waals surface area contributed by atoms with E-state index in [-0.39, 0.29) is 0 Å². The molecule has 3 N–H and O–H groups in total. The van der Waals surface area contributed by atoms with Crippen molar-refractivity contribution in [3.63, 3.8) is 0 Å². The zero-order valence-corrected chi connectivity index (χ0v) is 4.46. The SMILES string of the molecule is [NH2+]=CCc1cnc[nH]1. The lowest BCUT2D eigenvalue weighted by molar-refractivity contribution is -0.107. The highest BCUT2D eigenvalue weighted by Crippen LogP contribution is 1.86. The van der Waals surface area contributed by atoms with Crippen LogP contribution in [0.25, 0.3) is 0 Å². The van der Waals surface area contributed by atoms with Crippen molar-refractivity contribution in [2.75, 3.05) is 0 Å². The molecule has 0 spiro atoms. The summed E-state index contributed by atoms with van der Waals surface area (Å²) in [5, 5.41) is 5.15. The van der Waals surface area contributed by atoms with E-state index in [1.165, 1.54) is 0 Å². The molecular weight excluding hydrogens is 102 g/mol. The van der Waals surface area contributed by atoms with Gasteiger partial charge in [-0.05, 0) is 0 Å². The highest BCUT2D eigenvalue weighted by atomic mass is 14.9. The highest BCUT2D eigenvalue weighted by molar-refractivity contribution is 5.53. The Kier molecular flexibility index (Phi) is 1.42. The van der Waals surface area contributed by atoms with Crippen LogP contribution in [-0.2, 0) is 6.42 Å². The predicted molar refractivity (Wildman–Crippen MR) is 30.3 cm³/mol. The lowest BCUT2D eigenvalue weighted by Crippen LogP contribution is -2.30. The van der Waals surface area contributed by atoms with Gasteiger partial charge < -0.3 is 4.98 Å². The van der Waals surface area contributed by atoms with Gasteiger partial charge in [-0.2, -0.15) is 0 Å². The number of aromatic amines is 1. The van der Waals surface area contributed by atoms with E-state index in [1.807, 2.05) is 0 Å². The molecule has 1 aromatic heterocycles. The molecule has 8 heavy (non-hydrogen) atoms. The average Bonchev–Trinajstić information content (AvgIpc) is 2.19. The van der Waals surface area contributed by atoms with E-state index in [2.05, 4.69) is 9.97 Å². The first kappa shape index (κ1) is 5.03. The van der Waals surface area contributed by atoms with Crippen molar-refractivity contribution in [1.82, 2.24) is 9.97 Å². The molecule has 3 nitrogen and oxygen atoms in total. The van der Waals surface area contributed by atoms with Gasteiger partial charge in [0.15, 0.2) is 0 Å². The fraction of sp³-hybridized carbons (Fsp3) is 0.200. The number of nitrogens with zero attached hydrogens (tertiary/aromatic N) is 1. The average molecular weight is 110 g/mol. The van der Waals surface area contributed by atoms with Crippen LogP contribution in [0.2, 0.25) is 0 Å². The minimum Gasteiger partial charge on any atom is -0.348 e. The Balaban J connectivity index is 2.62. The molecule has 0 unspecified atom stereocenters. The van der Waals surface area contributed by atoms with Crippen LogP contribution in [0.1, 0.15) is 5.69 Å². The van der Waals surface area contributed by atoms with Crippen molar-refractivity contribution in [3.05, 3.63) is 18.2 Å². The largest absolute Gasteiger partial charge is 0.348 e. The summed E-state index contributed by atoms with van der Waals surface area (Å²) < 4.78 is 0. The molecule has 0 aliphatic rings. The molecule has 0 fully saturated rings. The number of hydrogen-bond acceptors (Lipinski definition) is 1. The fourth-order valence-electron chi connectivity index (χ4n) is 0.523. The van der Waals surface area contributed by atoms with Gasteiger partial charge in [-0.15, -0.1) is 0 Å². The molecule has 0 amide bonds. The maximum absolute atomic E-state index is 5.15. The van der Waals surface area contributed by atoms with Crippen molar-refractivity contribution in [2.24, 2.45) is 0 Å². The molecule has 0 aliphatic carbocycles. The zero-order chi connectivity index (χ0) is 5.82. The Bertz CT molecular complexity index is 154. The van der Waals surface area contributed by atoms with Gasteiger partial charge in [0.05, 0.1) is 12.7 Å². The normalized spacial score (nSPS) is 9.00. The van der Waals surface area contributed by atoms with Crippen molar-refractivity contribution in [2.45, 2.75) is 6.42 Å². The van der Waals surface area contributed by atoms with Crippen LogP contribution in [0.3, 0.4) is 0 Å². The highest BCUT2D eigenvalue weighted by Gasteiger charge is 1.87. The summed E-state index contributed by atoms with van der Waals surface area (Å²) in [6, 6.07) is 0. The number of hydrogen-bond donors (Lipinski definition) is 2. The third-order valence-electron chi connectivity index (χ3n) is 0.893. The molecule has 0 radical (unpaired) electrons. The monoisotopic (exact) mass is 110 g/mol. The smallest absolute Gasteiger partial charge is 0.142 e. The molecule has 0 saturated carbocycles. The van der Waals surface area contributed by atoms with Crippen LogP contribution >= 0.6 is 0 Å². The Labute approximate surface area is 47.3 Å². The van der Waals surface area contributed by atoms with Gasteiger partial charge in [-0.25, -0.2) is 4.98 Å². The van der Waals surface area contributed by atoms with Crippen molar-refractivity contribution in [1.29, 1.82) is 0 Å². The molecule has 0 saturated heterocycles. The molecule has 0 aliphatic heterocycles. The summed E-state index contributed by atoms with van der Waals surface area (Å²) in [7, 11) is 0. The number of rotatable bonds is 2. The van der Waals surface area contributed by atoms with Gasteiger partial charge in [0.2, 0.25) is 0 Å². The Morgan fingerprint density at radius 1 is 1.88 bits per heavy atom. The van der Waals surface area contributed by atoms with E-state index in [4.69, 9.17) is 5.41 Å². The molecule has 0 bridgehead atoms. The van der Waals surface area contributed by atoms with Crippen LogP contribution in [0.15, 0.2) is 12.5 Å². The summed E-state index contributed by atoms with van der Waals surface area (Å²) in [6.07, 6.45) is 5.75. The third kappa shape index (κ3) is 0.932. The van der Waals surface area contributed by atoms with Crippen LogP contribution < -0.4 is 5.41 Å². The van der Waals surface area contributed by atoms with Gasteiger partial charge in [0, 0.05) is 11.9 Å². The second kappa shape index (κ2) is 2.26. The van der Waals surface area contributed by atoms with E-state index in [0.717, 1.165) is 12.1 Å². The lowest BCUT2D eigenvalue weighted by atomic mass is 10.4. The maximum atomic E-state index is 5.15. The van der Waals surface area contributed by atoms with Gasteiger partial charge in [0.25, 0.3) is 0 Å². The van der Waals surface area contributed by atoms with E-state index in [0.29, 0.717) is 0 Å². The molecule has 1 heterocycles. The van der Waals surface area contributed by atoms with Crippen LogP contribution in [-0.4, -0.2) is 16.2 Å². The first-order chi connectivity index (χ1) is 3.93. The van der Waals surface area contributed by atoms with Crippen LogP contribution in [0.4, 0.5) is 0 Å². The van der Waals surface area contributed by atoms with E-state index in [9.17, 15) is 0 Å². The summed E-state index contributed by atoms with van der Waals surface area (Å²) in [5.41, 5.74) is 1.05. The molecule has 1 rings (SSSR count). The summed E-state index contributed by atoms with van der Waals surface area (Å²) in [5.74, 6) is 0. The van der Waals surface area contributed by atoms with Crippen molar-refractivity contribution < 1.29 is 5.41 Å². The number of H-pyrrole nitrogens is 1. The minimum absolute atomic E-state index is 0.764. The summed E-state index contributed by atoms with van der Waals surface area (Å²) >= 11 is 0. The van der Waals surface area contributed by atoms with Crippen molar-refractivity contribution in [3.8, 4) is 0 Å². The third-order valence-corrected chi connectivity index (χ3v) is 0.893. The zero-order valence-electron chi connectivity index (χ0n) is 4.46. The fourth-order valence-corrected chi connectivity index (χ4v) is 0.523. The Morgan fingerprint density at radius 2 is 2.75 bits per heavy atom. The topological polar surface area (TPSA) is 54.3 Å². The van der Waals surface area contributed by atoms with E-state index < -0.39 is 0 Å². The molecule has 42 valence electrons. The van der Waals surface area contributed by atoms with Gasteiger partial charge >= 0.3 is 0 Å². The van der Waals surface area contributed by atoms with Crippen molar-refractivity contribution >= 4 is 6.21 Å². The molecule has 0 atom stereocenters. The second-order valence-corrected chi connectivity index (χ2v) is 1.52. The lowest BCUT2D eigenvalue weighted by Gasteiger charge is -1.78. The minimum atomic E-state index is 0.764. The number of nitrogens with one attached hydrogen (secondary N) is 1. The van der Waals surface area contributed by atoms with Gasteiger partial charge in [-0.3, -0.25) is 5.41 Å². The van der Waals surface area contributed by atoms with E-state index in [1.54, 1.807) is 18.7 Å². The number of imidazole rings is 1. The number of nitrogens with two attached hydrogens (primary N) is 1. The quantitative estimate of drug-likeness (QED) is 0.461. The van der Waals surface area contributed by atoms with Crippen LogP contribution in [0, 0.1) is 0 Å². The summed E-state index contributed by atoms with van der Waals surface area (Å²) in [6.45, 7) is 0. The second-order valence-electron chi connectivity index (χ2n) is 1.52. The molecule has 3 heteroatoms.